The fourth-order valence-electron chi connectivity index (χ4n) is 4.35. The molecule has 0 unspecified atom stereocenters. The first-order valence-corrected chi connectivity index (χ1v) is 6.76. The lowest BCUT2D eigenvalue weighted by Gasteiger charge is -2.56. The summed E-state index contributed by atoms with van der Waals surface area (Å²) in [5.41, 5.74) is 0.329. The summed E-state index contributed by atoms with van der Waals surface area (Å²) in [4.78, 5) is 12.4. The van der Waals surface area contributed by atoms with Gasteiger partial charge in [0.15, 0.2) is 5.78 Å². The third kappa shape index (κ3) is 1.68. The normalized spacial score (nSPS) is 43.3. The number of aliphatic hydroxyl groups is 2. The highest BCUT2D eigenvalue weighted by molar-refractivity contribution is 5.95. The van der Waals surface area contributed by atoms with E-state index in [0.717, 1.165) is 12.0 Å². The van der Waals surface area contributed by atoms with E-state index in [0.29, 0.717) is 6.42 Å². The number of ketones is 1. The third-order valence-corrected chi connectivity index (χ3v) is 5.40. The van der Waals surface area contributed by atoms with Crippen LogP contribution < -0.4 is 0 Å². The quantitative estimate of drug-likeness (QED) is 0.749. The van der Waals surface area contributed by atoms with Crippen molar-refractivity contribution in [1.82, 2.24) is 0 Å². The number of hydrogen-bond acceptors (Lipinski definition) is 3. The minimum atomic E-state index is -0.439. The number of hydrogen-bond donors (Lipinski definition) is 2. The van der Waals surface area contributed by atoms with Crippen LogP contribution >= 0.6 is 0 Å². The largest absolute Gasteiger partial charge is 0.396 e. The summed E-state index contributed by atoms with van der Waals surface area (Å²) in [5, 5.41) is 19.9. The van der Waals surface area contributed by atoms with Gasteiger partial charge >= 0.3 is 0 Å². The average molecular weight is 252 g/mol. The van der Waals surface area contributed by atoms with Gasteiger partial charge in [-0.05, 0) is 31.3 Å². The summed E-state index contributed by atoms with van der Waals surface area (Å²) in [7, 11) is 0. The number of rotatable bonds is 1. The molecular formula is C15H24O3. The Balaban J connectivity index is 2.53. The maximum atomic E-state index is 12.4. The van der Waals surface area contributed by atoms with Crippen LogP contribution in [0, 0.1) is 22.7 Å². The topological polar surface area (TPSA) is 57.5 Å². The molecule has 2 aliphatic carbocycles. The van der Waals surface area contributed by atoms with Crippen molar-refractivity contribution in [2.45, 2.75) is 46.6 Å². The summed E-state index contributed by atoms with van der Waals surface area (Å²) in [5.74, 6) is -0.0509. The molecule has 0 heterocycles. The molecule has 0 spiro atoms. The Labute approximate surface area is 109 Å². The molecule has 18 heavy (non-hydrogen) atoms. The molecule has 4 atom stereocenters. The van der Waals surface area contributed by atoms with Crippen molar-refractivity contribution in [2.24, 2.45) is 22.7 Å². The molecule has 0 bridgehead atoms. The Kier molecular flexibility index (Phi) is 3.19. The molecule has 2 N–H and O–H groups in total. The molecule has 1 saturated carbocycles. The van der Waals surface area contributed by atoms with Crippen molar-refractivity contribution < 1.29 is 15.0 Å². The molecule has 2 rings (SSSR count). The zero-order chi connectivity index (χ0) is 13.7. The van der Waals surface area contributed by atoms with Crippen LogP contribution in [-0.2, 0) is 4.79 Å². The van der Waals surface area contributed by atoms with Crippen LogP contribution in [0.5, 0.6) is 0 Å². The molecule has 0 amide bonds. The van der Waals surface area contributed by atoms with E-state index in [-0.39, 0.29) is 29.6 Å². The highest BCUT2D eigenvalue weighted by Crippen LogP contribution is 2.58. The van der Waals surface area contributed by atoms with Crippen LogP contribution in [0.4, 0.5) is 0 Å². The summed E-state index contributed by atoms with van der Waals surface area (Å²) >= 11 is 0. The second kappa shape index (κ2) is 4.17. The van der Waals surface area contributed by atoms with Gasteiger partial charge in [0.2, 0.25) is 0 Å². The summed E-state index contributed by atoms with van der Waals surface area (Å²) in [6, 6.07) is 0. The average Bonchev–Trinajstić information content (AvgIpc) is 2.23. The first kappa shape index (κ1) is 13.8. The molecule has 1 fully saturated rings. The van der Waals surface area contributed by atoms with Crippen molar-refractivity contribution >= 4 is 5.78 Å². The summed E-state index contributed by atoms with van der Waals surface area (Å²) in [6.07, 6.45) is 2.74. The highest BCUT2D eigenvalue weighted by atomic mass is 16.3. The molecule has 0 aromatic rings. The smallest absolute Gasteiger partial charge is 0.159 e. The van der Waals surface area contributed by atoms with Gasteiger partial charge in [-0.15, -0.1) is 0 Å². The van der Waals surface area contributed by atoms with E-state index in [1.807, 2.05) is 20.8 Å². The van der Waals surface area contributed by atoms with E-state index in [1.54, 1.807) is 6.08 Å². The van der Waals surface area contributed by atoms with E-state index in [1.165, 1.54) is 0 Å². The van der Waals surface area contributed by atoms with Crippen molar-refractivity contribution in [3.05, 3.63) is 11.6 Å². The Morgan fingerprint density at radius 2 is 2.00 bits per heavy atom. The van der Waals surface area contributed by atoms with E-state index in [4.69, 9.17) is 0 Å². The van der Waals surface area contributed by atoms with E-state index in [2.05, 4.69) is 6.92 Å². The predicted molar refractivity (Wildman–Crippen MR) is 70.0 cm³/mol. The molecule has 0 radical (unpaired) electrons. The molecule has 0 aromatic heterocycles. The van der Waals surface area contributed by atoms with Crippen LogP contribution in [0.25, 0.3) is 0 Å². The van der Waals surface area contributed by atoms with E-state index in [9.17, 15) is 15.0 Å². The molecule has 102 valence electrons. The van der Waals surface area contributed by atoms with E-state index < -0.39 is 11.5 Å². The van der Waals surface area contributed by atoms with Crippen LogP contribution in [0.15, 0.2) is 11.6 Å². The number of fused-ring (bicyclic) bond motifs is 1. The lowest BCUT2D eigenvalue weighted by molar-refractivity contribution is -0.153. The number of carbonyl (C=O) groups excluding carboxylic acids is 1. The Morgan fingerprint density at radius 3 is 2.56 bits per heavy atom. The van der Waals surface area contributed by atoms with Crippen LogP contribution in [0.2, 0.25) is 0 Å². The van der Waals surface area contributed by atoms with Gasteiger partial charge in [0.05, 0.1) is 12.7 Å². The number of aliphatic hydroxyl groups excluding tert-OH is 2. The molecular weight excluding hydrogens is 228 g/mol. The van der Waals surface area contributed by atoms with Crippen molar-refractivity contribution in [3.63, 3.8) is 0 Å². The molecule has 0 aliphatic heterocycles. The van der Waals surface area contributed by atoms with Gasteiger partial charge in [0.25, 0.3) is 0 Å². The van der Waals surface area contributed by atoms with Crippen LogP contribution in [-0.4, -0.2) is 28.7 Å². The predicted octanol–water partition coefficient (Wildman–Crippen LogP) is 1.93. The molecule has 3 heteroatoms. The fourth-order valence-corrected chi connectivity index (χ4v) is 4.35. The molecule has 0 saturated heterocycles. The van der Waals surface area contributed by atoms with Gasteiger partial charge in [0.1, 0.15) is 0 Å². The third-order valence-electron chi connectivity index (χ3n) is 5.40. The van der Waals surface area contributed by atoms with Crippen LogP contribution in [0.1, 0.15) is 40.5 Å². The maximum absolute atomic E-state index is 12.4. The zero-order valence-corrected chi connectivity index (χ0v) is 11.7. The molecule has 3 nitrogen and oxygen atoms in total. The first-order valence-electron chi connectivity index (χ1n) is 6.76. The fraction of sp³-hybridized carbons (Fsp3) is 0.800. The number of carbonyl (C=O) groups is 1. The van der Waals surface area contributed by atoms with Gasteiger partial charge in [-0.2, -0.15) is 0 Å². The monoisotopic (exact) mass is 252 g/mol. The van der Waals surface area contributed by atoms with Gasteiger partial charge in [0, 0.05) is 17.3 Å². The van der Waals surface area contributed by atoms with Crippen molar-refractivity contribution in [1.29, 1.82) is 0 Å². The van der Waals surface area contributed by atoms with Gasteiger partial charge < -0.3 is 10.2 Å². The minimum Gasteiger partial charge on any atom is -0.396 e. The van der Waals surface area contributed by atoms with Gasteiger partial charge in [-0.3, -0.25) is 4.79 Å². The standard InChI is InChI=1S/C15H24O3/c1-9-7-11(17)13-14(2,3)12(18)5-6-15(13,4)10(9)8-16/h7,10,12-13,16,18H,5-6,8H2,1-4H3/t10-,12+,13-,15-/m1/s1. The summed E-state index contributed by atoms with van der Waals surface area (Å²) < 4.78 is 0. The van der Waals surface area contributed by atoms with Gasteiger partial charge in [-0.1, -0.05) is 26.3 Å². The first-order chi connectivity index (χ1) is 8.25. The minimum absolute atomic E-state index is 0.0342. The summed E-state index contributed by atoms with van der Waals surface area (Å²) in [6.45, 7) is 8.05. The lowest BCUT2D eigenvalue weighted by Crippen LogP contribution is -2.57. The van der Waals surface area contributed by atoms with E-state index >= 15 is 0 Å². The Hall–Kier alpha value is -0.670. The van der Waals surface area contributed by atoms with Gasteiger partial charge in [-0.25, -0.2) is 0 Å². The highest BCUT2D eigenvalue weighted by Gasteiger charge is 2.58. The second-order valence-corrected chi connectivity index (χ2v) is 6.84. The van der Waals surface area contributed by atoms with Crippen molar-refractivity contribution in [2.75, 3.05) is 6.61 Å². The number of allylic oxidation sites excluding steroid dienone is 1. The lowest BCUT2D eigenvalue weighted by atomic mass is 9.47. The molecule has 2 aliphatic rings. The molecule has 0 aromatic carbocycles. The maximum Gasteiger partial charge on any atom is 0.159 e. The second-order valence-electron chi connectivity index (χ2n) is 6.84. The SMILES string of the molecule is CC1=CC(=O)[C@@H]2C(C)(C)[C@@H](O)CC[C@]2(C)[C@@H]1CO. The van der Waals surface area contributed by atoms with Crippen molar-refractivity contribution in [3.8, 4) is 0 Å². The Bertz CT molecular complexity index is 397. The Morgan fingerprint density at radius 1 is 1.39 bits per heavy atom. The van der Waals surface area contributed by atoms with Crippen LogP contribution in [0.3, 0.4) is 0 Å². The zero-order valence-electron chi connectivity index (χ0n) is 11.7.